The monoisotopic (exact) mass is 471 g/mol. The number of hydrogen-bond acceptors (Lipinski definition) is 4. The van der Waals surface area contributed by atoms with Gasteiger partial charge in [-0.2, -0.15) is 0 Å². The van der Waals surface area contributed by atoms with Crippen molar-refractivity contribution in [3.05, 3.63) is 58.1 Å². The molecule has 162 valence electrons. The molecule has 0 amide bonds. The predicted octanol–water partition coefficient (Wildman–Crippen LogP) is 4.85. The van der Waals surface area contributed by atoms with Gasteiger partial charge < -0.3 is 15.0 Å². The molecule has 0 unspecified atom stereocenters. The van der Waals surface area contributed by atoms with Gasteiger partial charge in [-0.05, 0) is 90.1 Å². The van der Waals surface area contributed by atoms with Gasteiger partial charge in [0.15, 0.2) is 0 Å². The molecule has 2 aliphatic heterocycles. The third kappa shape index (κ3) is 5.77. The normalized spacial score (nSPS) is 18.9. The van der Waals surface area contributed by atoms with E-state index >= 15 is 0 Å². The molecule has 0 atom stereocenters. The Morgan fingerprint density at radius 3 is 2.47 bits per heavy atom. The van der Waals surface area contributed by atoms with E-state index in [4.69, 9.17) is 4.74 Å². The summed E-state index contributed by atoms with van der Waals surface area (Å²) in [5.74, 6) is 0.975. The van der Waals surface area contributed by atoms with Gasteiger partial charge in [-0.15, -0.1) is 0 Å². The smallest absolute Gasteiger partial charge is 0.133 e. The standard InChI is InChI=1S/C25H34BrN3O/c1-2-20-4-7-22(8-5-20)29-15-3-14-28(16-17-29)19-21-6-9-25(24(26)18-21)30-23-10-12-27-13-11-23/h4-9,18,23,27H,2-3,10-17,19H2,1H3. The van der Waals surface area contributed by atoms with Crippen LogP contribution in [0.5, 0.6) is 5.75 Å². The van der Waals surface area contributed by atoms with Crippen LogP contribution in [0.15, 0.2) is 46.9 Å². The van der Waals surface area contributed by atoms with E-state index < -0.39 is 0 Å². The second-order valence-corrected chi connectivity index (χ2v) is 9.32. The molecule has 4 rings (SSSR count). The van der Waals surface area contributed by atoms with E-state index in [-0.39, 0.29) is 0 Å². The van der Waals surface area contributed by atoms with Gasteiger partial charge in [-0.3, -0.25) is 4.90 Å². The maximum absolute atomic E-state index is 6.22. The van der Waals surface area contributed by atoms with Crippen LogP contribution in [0, 0.1) is 0 Å². The van der Waals surface area contributed by atoms with Crippen molar-refractivity contribution in [3.8, 4) is 5.75 Å². The highest BCUT2D eigenvalue weighted by Crippen LogP contribution is 2.29. The fourth-order valence-corrected chi connectivity index (χ4v) is 4.94. The maximum atomic E-state index is 6.22. The van der Waals surface area contributed by atoms with Crippen LogP contribution >= 0.6 is 15.9 Å². The van der Waals surface area contributed by atoms with E-state index in [0.717, 1.165) is 75.3 Å². The Morgan fingerprint density at radius 2 is 1.73 bits per heavy atom. The first-order valence-corrected chi connectivity index (χ1v) is 12.2. The van der Waals surface area contributed by atoms with Gasteiger partial charge in [0.2, 0.25) is 0 Å². The van der Waals surface area contributed by atoms with Crippen LogP contribution in [0.2, 0.25) is 0 Å². The SMILES string of the molecule is CCc1ccc(N2CCCN(Cc3ccc(OC4CCNCC4)c(Br)c3)CC2)cc1. The van der Waals surface area contributed by atoms with Crippen molar-refractivity contribution in [2.45, 2.75) is 45.3 Å². The summed E-state index contributed by atoms with van der Waals surface area (Å²) < 4.78 is 7.30. The molecule has 0 aromatic heterocycles. The second kappa shape index (κ2) is 10.7. The molecule has 1 N–H and O–H groups in total. The Bertz CT molecular complexity index is 805. The molecular weight excluding hydrogens is 438 g/mol. The largest absolute Gasteiger partial charge is 0.489 e. The molecule has 2 aromatic carbocycles. The zero-order valence-corrected chi connectivity index (χ0v) is 19.7. The van der Waals surface area contributed by atoms with E-state index in [1.165, 1.54) is 23.2 Å². The van der Waals surface area contributed by atoms with Crippen molar-refractivity contribution < 1.29 is 4.74 Å². The molecule has 5 heteroatoms. The fraction of sp³-hybridized carbons (Fsp3) is 0.520. The van der Waals surface area contributed by atoms with Gasteiger partial charge in [-0.25, -0.2) is 0 Å². The number of halogens is 1. The Balaban J connectivity index is 1.32. The van der Waals surface area contributed by atoms with Gasteiger partial charge in [0.25, 0.3) is 0 Å². The minimum absolute atomic E-state index is 0.330. The van der Waals surface area contributed by atoms with Crippen LogP contribution in [-0.4, -0.2) is 50.3 Å². The summed E-state index contributed by atoms with van der Waals surface area (Å²) in [4.78, 5) is 5.11. The average molecular weight is 472 g/mol. The highest BCUT2D eigenvalue weighted by Gasteiger charge is 2.18. The number of nitrogens with one attached hydrogen (secondary N) is 1. The zero-order valence-electron chi connectivity index (χ0n) is 18.1. The first-order chi connectivity index (χ1) is 14.7. The van der Waals surface area contributed by atoms with Crippen molar-refractivity contribution >= 4 is 21.6 Å². The van der Waals surface area contributed by atoms with Crippen LogP contribution in [0.1, 0.15) is 37.3 Å². The van der Waals surface area contributed by atoms with Crippen LogP contribution in [0.3, 0.4) is 0 Å². The lowest BCUT2D eigenvalue weighted by Crippen LogP contribution is -2.34. The van der Waals surface area contributed by atoms with Gasteiger partial charge in [0.05, 0.1) is 4.47 Å². The van der Waals surface area contributed by atoms with E-state index in [9.17, 15) is 0 Å². The summed E-state index contributed by atoms with van der Waals surface area (Å²) in [6, 6.07) is 15.7. The minimum atomic E-state index is 0.330. The third-order valence-corrected chi connectivity index (χ3v) is 6.90. The van der Waals surface area contributed by atoms with Crippen molar-refractivity contribution in [1.82, 2.24) is 10.2 Å². The van der Waals surface area contributed by atoms with Gasteiger partial charge >= 0.3 is 0 Å². The lowest BCUT2D eigenvalue weighted by molar-refractivity contribution is 0.161. The molecule has 4 nitrogen and oxygen atoms in total. The second-order valence-electron chi connectivity index (χ2n) is 8.47. The average Bonchev–Trinajstić information content (AvgIpc) is 3.02. The van der Waals surface area contributed by atoms with Crippen molar-refractivity contribution in [2.24, 2.45) is 0 Å². The lowest BCUT2D eigenvalue weighted by atomic mass is 10.1. The summed E-state index contributed by atoms with van der Waals surface area (Å²) in [5, 5.41) is 3.39. The first kappa shape index (κ1) is 21.7. The zero-order chi connectivity index (χ0) is 20.8. The van der Waals surface area contributed by atoms with Gasteiger partial charge in [-0.1, -0.05) is 25.1 Å². The number of hydrogen-bond donors (Lipinski definition) is 1. The highest BCUT2D eigenvalue weighted by molar-refractivity contribution is 9.10. The minimum Gasteiger partial charge on any atom is -0.489 e. The molecule has 0 radical (unpaired) electrons. The quantitative estimate of drug-likeness (QED) is 0.651. The molecule has 0 saturated carbocycles. The third-order valence-electron chi connectivity index (χ3n) is 6.28. The topological polar surface area (TPSA) is 27.7 Å². The summed E-state index contributed by atoms with van der Waals surface area (Å²) in [7, 11) is 0. The first-order valence-electron chi connectivity index (χ1n) is 11.4. The number of benzene rings is 2. The van der Waals surface area contributed by atoms with Crippen molar-refractivity contribution in [1.29, 1.82) is 0 Å². The Morgan fingerprint density at radius 1 is 0.967 bits per heavy atom. The molecular formula is C25H34BrN3O. The molecule has 2 aliphatic rings. The van der Waals surface area contributed by atoms with Crippen LogP contribution in [0.4, 0.5) is 5.69 Å². The van der Waals surface area contributed by atoms with E-state index in [0.29, 0.717) is 6.10 Å². The van der Waals surface area contributed by atoms with Crippen molar-refractivity contribution in [3.63, 3.8) is 0 Å². The molecule has 0 spiro atoms. The van der Waals surface area contributed by atoms with Gasteiger partial charge in [0, 0.05) is 38.4 Å². The highest BCUT2D eigenvalue weighted by atomic mass is 79.9. The van der Waals surface area contributed by atoms with E-state index in [1.807, 2.05) is 0 Å². The van der Waals surface area contributed by atoms with E-state index in [1.54, 1.807) is 0 Å². The summed E-state index contributed by atoms with van der Waals surface area (Å²) >= 11 is 3.74. The molecule has 30 heavy (non-hydrogen) atoms. The molecule has 2 heterocycles. The Labute approximate surface area is 189 Å². The number of nitrogens with zero attached hydrogens (tertiary/aromatic N) is 2. The summed E-state index contributed by atoms with van der Waals surface area (Å²) in [6.45, 7) is 9.77. The predicted molar refractivity (Wildman–Crippen MR) is 129 cm³/mol. The van der Waals surface area contributed by atoms with E-state index in [2.05, 4.69) is 80.4 Å². The summed E-state index contributed by atoms with van der Waals surface area (Å²) in [6.07, 6.45) is 4.80. The Hall–Kier alpha value is -1.56. The number of ether oxygens (including phenoxy) is 1. The maximum Gasteiger partial charge on any atom is 0.133 e. The number of piperidine rings is 1. The Kier molecular flexibility index (Phi) is 7.69. The summed E-state index contributed by atoms with van der Waals surface area (Å²) in [5.41, 5.74) is 4.12. The van der Waals surface area contributed by atoms with Crippen molar-refractivity contribution in [2.75, 3.05) is 44.2 Å². The fourth-order valence-electron chi connectivity index (χ4n) is 4.42. The van der Waals surface area contributed by atoms with Gasteiger partial charge in [0.1, 0.15) is 11.9 Å². The molecule has 0 aliphatic carbocycles. The lowest BCUT2D eigenvalue weighted by Gasteiger charge is -2.25. The number of anilines is 1. The molecule has 2 fully saturated rings. The number of aryl methyl sites for hydroxylation is 1. The molecule has 2 saturated heterocycles. The number of rotatable bonds is 6. The van der Waals surface area contributed by atoms with Crippen LogP contribution in [0.25, 0.3) is 0 Å². The van der Waals surface area contributed by atoms with Crippen LogP contribution in [-0.2, 0) is 13.0 Å². The molecule has 0 bridgehead atoms. The van der Waals surface area contributed by atoms with Crippen LogP contribution < -0.4 is 15.0 Å². The molecule has 2 aromatic rings.